The summed E-state index contributed by atoms with van der Waals surface area (Å²) in [6.07, 6.45) is 5.61. The van der Waals surface area contributed by atoms with Gasteiger partial charge >= 0.3 is 0 Å². The molecule has 154 valence electrons. The Balaban J connectivity index is 1.47. The highest BCUT2D eigenvalue weighted by atomic mass is 16.1. The first kappa shape index (κ1) is 18.3. The van der Waals surface area contributed by atoms with Crippen LogP contribution in [0.3, 0.4) is 0 Å². The number of benzene rings is 3. The van der Waals surface area contributed by atoms with Gasteiger partial charge in [0.15, 0.2) is 0 Å². The molecule has 0 saturated carbocycles. The second-order valence-corrected chi connectivity index (χ2v) is 7.71. The molecular formula is C26H19N5O. The van der Waals surface area contributed by atoms with E-state index >= 15 is 0 Å². The first-order chi connectivity index (χ1) is 15.8. The van der Waals surface area contributed by atoms with E-state index in [1.54, 1.807) is 6.20 Å². The van der Waals surface area contributed by atoms with Crippen LogP contribution in [0.1, 0.15) is 5.56 Å². The topological polar surface area (TPSA) is 57.6 Å². The summed E-state index contributed by atoms with van der Waals surface area (Å²) in [5, 5.41) is 9.92. The quantitative estimate of drug-likeness (QED) is 0.424. The number of rotatable bonds is 4. The first-order valence-electron chi connectivity index (χ1n) is 10.4. The highest BCUT2D eigenvalue weighted by molar-refractivity contribution is 5.93. The average Bonchev–Trinajstić information content (AvgIpc) is 3.49. The molecule has 0 radical (unpaired) electrons. The zero-order valence-electron chi connectivity index (χ0n) is 17.2. The molecular weight excluding hydrogens is 398 g/mol. The fourth-order valence-corrected chi connectivity index (χ4v) is 4.13. The number of hydrogen-bond donors (Lipinski definition) is 0. The normalized spacial score (nSPS) is 11.4. The first-order valence-corrected chi connectivity index (χ1v) is 10.4. The molecule has 0 bridgehead atoms. The predicted octanol–water partition coefficient (Wildman–Crippen LogP) is 4.53. The van der Waals surface area contributed by atoms with Crippen molar-refractivity contribution in [3.8, 4) is 22.6 Å². The number of pyridine rings is 1. The number of aromatic nitrogens is 5. The Labute approximate surface area is 183 Å². The Hall–Kier alpha value is -4.45. The van der Waals surface area contributed by atoms with E-state index < -0.39 is 0 Å². The van der Waals surface area contributed by atoms with Crippen LogP contribution in [0, 0.1) is 0 Å². The highest BCUT2D eigenvalue weighted by Gasteiger charge is 2.20. The third-order valence-electron chi connectivity index (χ3n) is 5.69. The van der Waals surface area contributed by atoms with E-state index in [2.05, 4.69) is 45.1 Å². The van der Waals surface area contributed by atoms with Crippen molar-refractivity contribution in [2.24, 2.45) is 0 Å². The molecule has 0 unspecified atom stereocenters. The smallest absolute Gasteiger partial charge is 0.282 e. The van der Waals surface area contributed by atoms with Gasteiger partial charge in [-0.05, 0) is 42.0 Å². The van der Waals surface area contributed by atoms with Crippen LogP contribution in [-0.4, -0.2) is 24.1 Å². The summed E-state index contributed by atoms with van der Waals surface area (Å²) in [7, 11) is 0. The molecule has 0 atom stereocenters. The third kappa shape index (κ3) is 3.01. The van der Waals surface area contributed by atoms with Crippen molar-refractivity contribution in [3.05, 3.63) is 119 Å². The molecule has 6 heteroatoms. The van der Waals surface area contributed by atoms with Crippen LogP contribution in [0.25, 0.3) is 33.5 Å². The summed E-state index contributed by atoms with van der Waals surface area (Å²) < 4.78 is 5.44. The maximum absolute atomic E-state index is 13.2. The van der Waals surface area contributed by atoms with E-state index in [0.717, 1.165) is 33.5 Å². The van der Waals surface area contributed by atoms with Crippen molar-refractivity contribution in [2.75, 3.05) is 0 Å². The van der Waals surface area contributed by atoms with Crippen molar-refractivity contribution >= 4 is 10.9 Å². The second-order valence-electron chi connectivity index (χ2n) is 7.71. The highest BCUT2D eigenvalue weighted by Crippen LogP contribution is 2.28. The molecule has 3 aromatic carbocycles. The summed E-state index contributed by atoms with van der Waals surface area (Å²) in [5.74, 6) is 0. The predicted molar refractivity (Wildman–Crippen MR) is 125 cm³/mol. The van der Waals surface area contributed by atoms with Crippen LogP contribution in [0.2, 0.25) is 0 Å². The van der Waals surface area contributed by atoms with Gasteiger partial charge in [0, 0.05) is 30.5 Å². The van der Waals surface area contributed by atoms with Gasteiger partial charge in [0.1, 0.15) is 5.69 Å². The average molecular weight is 417 g/mol. The van der Waals surface area contributed by atoms with Gasteiger partial charge in [-0.25, -0.2) is 4.68 Å². The van der Waals surface area contributed by atoms with Crippen molar-refractivity contribution in [1.82, 2.24) is 24.1 Å². The largest absolute Gasteiger partial charge is 0.342 e. The molecule has 4 aromatic rings. The molecule has 0 spiro atoms. The zero-order valence-corrected chi connectivity index (χ0v) is 17.2. The molecule has 1 aromatic heterocycles. The van der Waals surface area contributed by atoms with Crippen LogP contribution in [0.5, 0.6) is 0 Å². The second kappa shape index (κ2) is 7.35. The Kier molecular flexibility index (Phi) is 4.21. The molecule has 0 saturated heterocycles. The molecule has 0 fully saturated rings. The summed E-state index contributed by atoms with van der Waals surface area (Å²) in [4.78, 5) is 13.2. The van der Waals surface area contributed by atoms with Crippen LogP contribution in [0.15, 0.2) is 108 Å². The van der Waals surface area contributed by atoms with Crippen LogP contribution >= 0.6 is 0 Å². The Morgan fingerprint density at radius 3 is 2.34 bits per heavy atom. The SMILES string of the molecule is O=c1c2cn(Cc3ccc(-n4cccn4)cc3)c3ccccc3c-2nn1-c1ccccc1. The number of nitrogens with zero attached hydrogens (tertiary/aromatic N) is 5. The molecule has 32 heavy (non-hydrogen) atoms. The number of fused-ring (bicyclic) bond motifs is 3. The minimum absolute atomic E-state index is 0.111. The van der Waals surface area contributed by atoms with E-state index in [1.807, 2.05) is 71.7 Å². The minimum atomic E-state index is -0.111. The molecule has 0 amide bonds. The third-order valence-corrected chi connectivity index (χ3v) is 5.69. The minimum Gasteiger partial charge on any atom is -0.342 e. The van der Waals surface area contributed by atoms with Gasteiger partial charge in [0.05, 0.1) is 22.5 Å². The summed E-state index contributed by atoms with van der Waals surface area (Å²) in [5.41, 5.74) is 5.17. The fourth-order valence-electron chi connectivity index (χ4n) is 4.13. The van der Waals surface area contributed by atoms with Crippen LogP contribution in [-0.2, 0) is 6.54 Å². The summed E-state index contributed by atoms with van der Waals surface area (Å²) in [6, 6.07) is 27.8. The molecule has 6 nitrogen and oxygen atoms in total. The Morgan fingerprint density at radius 2 is 1.56 bits per heavy atom. The lowest BCUT2D eigenvalue weighted by Gasteiger charge is -2.14. The summed E-state index contributed by atoms with van der Waals surface area (Å²) in [6.45, 7) is 0.645. The number of hydrogen-bond acceptors (Lipinski definition) is 3. The lowest BCUT2D eigenvalue weighted by atomic mass is 10.1. The lowest BCUT2D eigenvalue weighted by Crippen LogP contribution is -2.15. The molecule has 6 rings (SSSR count). The zero-order chi connectivity index (χ0) is 21.5. The van der Waals surface area contributed by atoms with E-state index in [0.29, 0.717) is 12.1 Å². The van der Waals surface area contributed by atoms with Gasteiger partial charge in [-0.2, -0.15) is 14.9 Å². The van der Waals surface area contributed by atoms with Crippen molar-refractivity contribution in [2.45, 2.75) is 6.54 Å². The lowest BCUT2D eigenvalue weighted by molar-refractivity contribution is 0.824. The Bertz CT molecular complexity index is 1540. The fraction of sp³-hybridized carbons (Fsp3) is 0.0385. The maximum Gasteiger partial charge on any atom is 0.282 e. The van der Waals surface area contributed by atoms with Gasteiger partial charge in [-0.3, -0.25) is 4.79 Å². The van der Waals surface area contributed by atoms with Gasteiger partial charge < -0.3 is 4.57 Å². The number of para-hydroxylation sites is 2. The molecule has 2 aliphatic rings. The molecule has 2 aliphatic heterocycles. The molecule has 0 N–H and O–H groups in total. The van der Waals surface area contributed by atoms with Crippen LogP contribution in [0.4, 0.5) is 0 Å². The molecule has 0 aliphatic carbocycles. The maximum atomic E-state index is 13.2. The van der Waals surface area contributed by atoms with Crippen molar-refractivity contribution in [1.29, 1.82) is 0 Å². The standard InChI is InChI=1S/C26H19N5O/c32-26-23-18-29(17-19-11-13-20(14-12-19)30-16-6-15-27-30)24-10-5-4-9-22(24)25(23)28-31(26)21-7-2-1-3-8-21/h1-16,18H,17H2. The Morgan fingerprint density at radius 1 is 0.781 bits per heavy atom. The van der Waals surface area contributed by atoms with Gasteiger partial charge in [-0.1, -0.05) is 48.5 Å². The van der Waals surface area contributed by atoms with E-state index in [-0.39, 0.29) is 5.56 Å². The van der Waals surface area contributed by atoms with Crippen LogP contribution < -0.4 is 5.56 Å². The van der Waals surface area contributed by atoms with Crippen molar-refractivity contribution < 1.29 is 0 Å². The van der Waals surface area contributed by atoms with Gasteiger partial charge in [-0.15, -0.1) is 0 Å². The van der Waals surface area contributed by atoms with Gasteiger partial charge in [0.2, 0.25) is 0 Å². The van der Waals surface area contributed by atoms with E-state index in [1.165, 1.54) is 4.68 Å². The van der Waals surface area contributed by atoms with E-state index in [4.69, 9.17) is 0 Å². The summed E-state index contributed by atoms with van der Waals surface area (Å²) >= 11 is 0. The molecule has 3 heterocycles. The van der Waals surface area contributed by atoms with E-state index in [9.17, 15) is 4.79 Å². The van der Waals surface area contributed by atoms with Crippen molar-refractivity contribution in [3.63, 3.8) is 0 Å². The van der Waals surface area contributed by atoms with Gasteiger partial charge in [0.25, 0.3) is 5.56 Å². The monoisotopic (exact) mass is 417 g/mol.